The molecule has 0 aliphatic carbocycles. The minimum atomic E-state index is -0.403. The zero-order chi connectivity index (χ0) is 25.8. The fraction of sp³-hybridized carbons (Fsp3) is 0.133. The molecule has 4 aromatic rings. The molecule has 0 aliphatic heterocycles. The van der Waals surface area contributed by atoms with Crippen LogP contribution in [0.15, 0.2) is 97.1 Å². The summed E-state index contributed by atoms with van der Waals surface area (Å²) in [5, 5.41) is 2.46. The molecule has 4 nitrogen and oxygen atoms in total. The Morgan fingerprint density at radius 1 is 0.571 bits per heavy atom. The quantitative estimate of drug-likeness (QED) is 0.232. The van der Waals surface area contributed by atoms with E-state index in [-0.39, 0.29) is 5.91 Å². The van der Waals surface area contributed by atoms with Crippen LogP contribution in [-0.2, 0) is 0 Å². The Morgan fingerprint density at radius 2 is 0.914 bits per heavy atom. The minimum Gasteiger partial charge on any atom is -0.399 e. The van der Waals surface area contributed by atoms with Crippen LogP contribution in [0.1, 0.15) is 43.0 Å². The second-order valence-electron chi connectivity index (χ2n) is 8.24. The Morgan fingerprint density at radius 3 is 1.29 bits per heavy atom. The Bertz CT molecular complexity index is 1190. The van der Waals surface area contributed by atoms with E-state index in [9.17, 15) is 9.59 Å². The number of amides is 1. The molecule has 0 heterocycles. The lowest BCUT2D eigenvalue weighted by Crippen LogP contribution is -2.11. The summed E-state index contributed by atoms with van der Waals surface area (Å²) < 4.78 is 0. The number of nitrogen functional groups attached to an aromatic ring is 1. The first-order chi connectivity index (χ1) is 16.6. The third kappa shape index (κ3) is 10.3. The summed E-state index contributed by atoms with van der Waals surface area (Å²) in [6.45, 7) is 8.02. The van der Waals surface area contributed by atoms with E-state index < -0.39 is 5.24 Å². The van der Waals surface area contributed by atoms with Gasteiger partial charge in [0.05, 0.1) is 0 Å². The molecule has 0 fully saturated rings. The number of carbonyl (C=O) groups excluding carboxylic acids is 2. The molecule has 4 aromatic carbocycles. The van der Waals surface area contributed by atoms with Crippen molar-refractivity contribution in [2.24, 2.45) is 0 Å². The summed E-state index contributed by atoms with van der Waals surface area (Å²) in [6.07, 6.45) is 0. The van der Waals surface area contributed by atoms with E-state index in [1.807, 2.05) is 113 Å². The van der Waals surface area contributed by atoms with Crippen molar-refractivity contribution in [1.82, 2.24) is 0 Å². The predicted octanol–water partition coefficient (Wildman–Crippen LogP) is 7.51. The van der Waals surface area contributed by atoms with Gasteiger partial charge in [0.1, 0.15) is 0 Å². The lowest BCUT2D eigenvalue weighted by atomic mass is 10.1. The maximum Gasteiger partial charge on any atom is 0.255 e. The van der Waals surface area contributed by atoms with E-state index in [1.54, 1.807) is 12.1 Å². The molecule has 0 saturated carbocycles. The monoisotopic (exact) mass is 486 g/mol. The standard InChI is InChI=1S/C15H15NO.C8H7ClO.C7H9N/c1-11-3-7-13(8-4-11)15(17)16-14-9-5-12(2)6-10-14;1-6-2-4-7(5-3-6)8(9)10;1-6-2-4-7(8)5-3-6/h3-10H,1-2H3,(H,16,17);2-5H,1H3;2-5H,8H2,1H3. The van der Waals surface area contributed by atoms with Gasteiger partial charge in [0, 0.05) is 22.5 Å². The maximum atomic E-state index is 11.9. The second kappa shape index (κ2) is 13.7. The third-order valence-corrected chi connectivity index (χ3v) is 5.20. The fourth-order valence-electron chi connectivity index (χ4n) is 2.80. The van der Waals surface area contributed by atoms with E-state index in [4.69, 9.17) is 17.3 Å². The highest BCUT2D eigenvalue weighted by Gasteiger charge is 2.04. The molecular weight excluding hydrogens is 456 g/mol. The summed E-state index contributed by atoms with van der Waals surface area (Å²) in [5.74, 6) is -0.0751. The van der Waals surface area contributed by atoms with Gasteiger partial charge in [-0.1, -0.05) is 70.8 Å². The lowest BCUT2D eigenvalue weighted by Gasteiger charge is -2.05. The normalized spacial score (nSPS) is 9.63. The number of benzene rings is 4. The van der Waals surface area contributed by atoms with Crippen LogP contribution in [0, 0.1) is 27.7 Å². The van der Waals surface area contributed by atoms with Crippen LogP contribution in [-0.4, -0.2) is 11.1 Å². The molecular formula is C30H31ClN2O2. The highest BCUT2D eigenvalue weighted by Crippen LogP contribution is 2.11. The lowest BCUT2D eigenvalue weighted by molar-refractivity contribution is 0.102. The molecule has 0 aliphatic rings. The zero-order valence-electron chi connectivity index (χ0n) is 20.5. The molecule has 0 radical (unpaired) electrons. The van der Waals surface area contributed by atoms with Crippen LogP contribution >= 0.6 is 11.6 Å². The molecule has 1 amide bonds. The predicted molar refractivity (Wildman–Crippen MR) is 147 cm³/mol. The SMILES string of the molecule is Cc1ccc(C(=O)Cl)cc1.Cc1ccc(N)cc1.Cc1ccc(NC(=O)c2ccc(C)cc2)cc1. The van der Waals surface area contributed by atoms with Crippen molar-refractivity contribution in [1.29, 1.82) is 0 Å². The topological polar surface area (TPSA) is 72.2 Å². The molecule has 35 heavy (non-hydrogen) atoms. The van der Waals surface area contributed by atoms with E-state index in [0.29, 0.717) is 11.1 Å². The Labute approximate surface area is 212 Å². The van der Waals surface area contributed by atoms with Crippen molar-refractivity contribution >= 4 is 34.1 Å². The molecule has 0 aromatic heterocycles. The molecule has 0 unspecified atom stereocenters. The molecule has 0 spiro atoms. The van der Waals surface area contributed by atoms with Crippen LogP contribution in [0.4, 0.5) is 11.4 Å². The van der Waals surface area contributed by atoms with E-state index >= 15 is 0 Å². The van der Waals surface area contributed by atoms with Gasteiger partial charge in [0.2, 0.25) is 0 Å². The van der Waals surface area contributed by atoms with Gasteiger partial charge < -0.3 is 11.1 Å². The van der Waals surface area contributed by atoms with Crippen LogP contribution in [0.2, 0.25) is 0 Å². The number of rotatable bonds is 3. The fourth-order valence-corrected chi connectivity index (χ4v) is 2.92. The van der Waals surface area contributed by atoms with Gasteiger partial charge in [-0.25, -0.2) is 0 Å². The highest BCUT2D eigenvalue weighted by molar-refractivity contribution is 6.67. The van der Waals surface area contributed by atoms with Crippen LogP contribution < -0.4 is 11.1 Å². The number of carbonyl (C=O) groups is 2. The Hall–Kier alpha value is -3.89. The summed E-state index contributed by atoms with van der Waals surface area (Å²) in [4.78, 5) is 22.4. The maximum absolute atomic E-state index is 11.9. The van der Waals surface area contributed by atoms with Gasteiger partial charge in [0.25, 0.3) is 11.1 Å². The number of nitrogens with one attached hydrogen (secondary N) is 1. The van der Waals surface area contributed by atoms with E-state index in [1.165, 1.54) is 11.1 Å². The number of halogens is 1. The minimum absolute atomic E-state index is 0.0751. The average Bonchev–Trinajstić information content (AvgIpc) is 2.84. The van der Waals surface area contributed by atoms with Crippen LogP contribution in [0.5, 0.6) is 0 Å². The van der Waals surface area contributed by atoms with Crippen molar-refractivity contribution < 1.29 is 9.59 Å². The highest BCUT2D eigenvalue weighted by atomic mass is 35.5. The first-order valence-electron chi connectivity index (χ1n) is 11.2. The molecule has 0 bridgehead atoms. The molecule has 0 atom stereocenters. The molecule has 5 heteroatoms. The molecule has 180 valence electrons. The molecule has 4 rings (SSSR count). The van der Waals surface area contributed by atoms with Crippen molar-refractivity contribution in [3.05, 3.63) is 130 Å². The zero-order valence-corrected chi connectivity index (χ0v) is 21.3. The first kappa shape index (κ1) is 27.4. The number of hydrogen-bond donors (Lipinski definition) is 2. The van der Waals surface area contributed by atoms with Gasteiger partial charge in [-0.05, 0) is 87.8 Å². The molecule has 3 N–H and O–H groups in total. The van der Waals surface area contributed by atoms with Gasteiger partial charge in [-0.15, -0.1) is 0 Å². The number of anilines is 2. The smallest absolute Gasteiger partial charge is 0.255 e. The number of hydrogen-bond acceptors (Lipinski definition) is 3. The van der Waals surface area contributed by atoms with Gasteiger partial charge in [-0.3, -0.25) is 9.59 Å². The second-order valence-corrected chi connectivity index (χ2v) is 8.58. The summed E-state index contributed by atoms with van der Waals surface area (Å²) in [7, 11) is 0. The van der Waals surface area contributed by atoms with Crippen molar-refractivity contribution in [3.8, 4) is 0 Å². The summed E-state index contributed by atoms with van der Waals surface area (Å²) in [5.41, 5.74) is 13.0. The van der Waals surface area contributed by atoms with Crippen molar-refractivity contribution in [2.75, 3.05) is 11.1 Å². The summed E-state index contributed by atoms with van der Waals surface area (Å²) >= 11 is 5.22. The van der Waals surface area contributed by atoms with Gasteiger partial charge in [-0.2, -0.15) is 0 Å². The summed E-state index contributed by atoms with van der Waals surface area (Å²) in [6, 6.07) is 30.2. The Kier molecular flexibility index (Phi) is 10.7. The van der Waals surface area contributed by atoms with E-state index in [0.717, 1.165) is 22.5 Å². The van der Waals surface area contributed by atoms with Crippen molar-refractivity contribution in [2.45, 2.75) is 27.7 Å². The number of aryl methyl sites for hydroxylation is 4. The van der Waals surface area contributed by atoms with Gasteiger partial charge in [0.15, 0.2) is 0 Å². The molecule has 0 saturated heterocycles. The third-order valence-electron chi connectivity index (χ3n) is 4.98. The van der Waals surface area contributed by atoms with Crippen LogP contribution in [0.25, 0.3) is 0 Å². The average molecular weight is 487 g/mol. The number of nitrogens with two attached hydrogens (primary N) is 1. The van der Waals surface area contributed by atoms with Gasteiger partial charge >= 0.3 is 0 Å². The Balaban J connectivity index is 0.000000204. The largest absolute Gasteiger partial charge is 0.399 e. The van der Waals surface area contributed by atoms with Crippen LogP contribution in [0.3, 0.4) is 0 Å². The first-order valence-corrected chi connectivity index (χ1v) is 11.5. The van der Waals surface area contributed by atoms with Crippen molar-refractivity contribution in [3.63, 3.8) is 0 Å². The van der Waals surface area contributed by atoms with E-state index in [2.05, 4.69) is 5.32 Å².